The van der Waals surface area contributed by atoms with E-state index >= 15 is 0 Å². The summed E-state index contributed by atoms with van der Waals surface area (Å²) in [6.07, 6.45) is 67.0. The molecule has 0 fully saturated rings. The van der Waals surface area contributed by atoms with Gasteiger partial charge in [-0.1, -0.05) is 329 Å². The van der Waals surface area contributed by atoms with Crippen LogP contribution in [0, 0.1) is 0 Å². The fraction of sp³-hybridized carbons (Fsp3) is 0.952. The molecule has 0 spiro atoms. The molecule has 0 saturated heterocycles. The molecule has 0 amide bonds. The fourth-order valence-electron chi connectivity index (χ4n) is 9.86. The van der Waals surface area contributed by atoms with Crippen LogP contribution >= 0.6 is 0 Å². The Hall–Kier alpha value is -1.59. The van der Waals surface area contributed by atoms with Gasteiger partial charge in [-0.15, -0.1) is 0 Å². The van der Waals surface area contributed by atoms with E-state index in [2.05, 4.69) is 20.8 Å². The third-order valence-corrected chi connectivity index (χ3v) is 14.6. The number of hydrogen-bond acceptors (Lipinski definition) is 6. The lowest BCUT2D eigenvalue weighted by atomic mass is 10.0. The van der Waals surface area contributed by atoms with Crippen LogP contribution in [0.4, 0.5) is 0 Å². The Kier molecular flexibility index (Phi) is 57.6. The van der Waals surface area contributed by atoms with Gasteiger partial charge in [0.2, 0.25) is 0 Å². The highest BCUT2D eigenvalue weighted by Gasteiger charge is 2.19. The molecule has 0 rings (SSSR count). The zero-order valence-corrected chi connectivity index (χ0v) is 47.1. The zero-order chi connectivity index (χ0) is 50.0. The normalized spacial score (nSPS) is 11.9. The molecule has 0 aliphatic carbocycles. The van der Waals surface area contributed by atoms with E-state index in [0.717, 1.165) is 57.8 Å². The van der Waals surface area contributed by atoms with Crippen LogP contribution < -0.4 is 0 Å². The van der Waals surface area contributed by atoms with E-state index in [-0.39, 0.29) is 31.1 Å². The first-order valence-corrected chi connectivity index (χ1v) is 31.5. The zero-order valence-electron chi connectivity index (χ0n) is 47.1. The standard InChI is InChI=1S/C63H122O6/c1-4-7-10-13-16-19-21-23-25-27-29-30-31-32-33-34-35-37-38-40-42-44-47-50-53-56-62(65)68-59-60(58-67-61(64)55-52-49-46-18-15-12-9-6-3)69-63(66)57-54-51-48-45-43-41-39-36-28-26-24-22-20-17-14-11-8-5-2/h60H,4-59H2,1-3H3. The molecule has 0 aliphatic heterocycles. The smallest absolute Gasteiger partial charge is 0.306 e. The van der Waals surface area contributed by atoms with E-state index in [4.69, 9.17) is 14.2 Å². The Morgan fingerprint density at radius 1 is 0.232 bits per heavy atom. The number of rotatable bonds is 59. The van der Waals surface area contributed by atoms with Crippen molar-refractivity contribution in [3.05, 3.63) is 0 Å². The van der Waals surface area contributed by atoms with Crippen LogP contribution in [0.3, 0.4) is 0 Å². The third-order valence-electron chi connectivity index (χ3n) is 14.6. The third kappa shape index (κ3) is 57.2. The largest absolute Gasteiger partial charge is 0.462 e. The lowest BCUT2D eigenvalue weighted by molar-refractivity contribution is -0.167. The van der Waals surface area contributed by atoms with Crippen molar-refractivity contribution in [1.82, 2.24) is 0 Å². The minimum Gasteiger partial charge on any atom is -0.462 e. The second-order valence-electron chi connectivity index (χ2n) is 21.7. The molecular weight excluding hydrogens is 853 g/mol. The van der Waals surface area contributed by atoms with Crippen molar-refractivity contribution in [2.45, 2.75) is 374 Å². The van der Waals surface area contributed by atoms with Crippen LogP contribution in [0.25, 0.3) is 0 Å². The van der Waals surface area contributed by atoms with E-state index in [0.29, 0.717) is 19.3 Å². The van der Waals surface area contributed by atoms with Gasteiger partial charge in [0.1, 0.15) is 13.2 Å². The summed E-state index contributed by atoms with van der Waals surface area (Å²) in [5.41, 5.74) is 0. The first-order chi connectivity index (χ1) is 34.0. The Balaban J connectivity index is 4.08. The van der Waals surface area contributed by atoms with E-state index in [1.165, 1.54) is 270 Å². The summed E-state index contributed by atoms with van der Waals surface area (Å²) >= 11 is 0. The molecule has 6 nitrogen and oxygen atoms in total. The van der Waals surface area contributed by atoms with Crippen molar-refractivity contribution < 1.29 is 28.6 Å². The maximum Gasteiger partial charge on any atom is 0.306 e. The summed E-state index contributed by atoms with van der Waals surface area (Å²) in [7, 11) is 0. The summed E-state index contributed by atoms with van der Waals surface area (Å²) in [5, 5.41) is 0. The van der Waals surface area contributed by atoms with Gasteiger partial charge >= 0.3 is 17.9 Å². The Morgan fingerprint density at radius 2 is 0.391 bits per heavy atom. The maximum absolute atomic E-state index is 12.8. The Morgan fingerprint density at radius 3 is 0.580 bits per heavy atom. The quantitative estimate of drug-likeness (QED) is 0.0343. The van der Waals surface area contributed by atoms with Gasteiger partial charge in [-0.05, 0) is 19.3 Å². The first kappa shape index (κ1) is 67.4. The molecule has 0 aliphatic rings. The number of carbonyl (C=O) groups excluding carboxylic acids is 3. The van der Waals surface area contributed by atoms with Crippen molar-refractivity contribution >= 4 is 17.9 Å². The monoisotopic (exact) mass is 975 g/mol. The van der Waals surface area contributed by atoms with Crippen LogP contribution in [0.2, 0.25) is 0 Å². The van der Waals surface area contributed by atoms with Crippen molar-refractivity contribution in [1.29, 1.82) is 0 Å². The van der Waals surface area contributed by atoms with Gasteiger partial charge < -0.3 is 14.2 Å². The fourth-order valence-corrected chi connectivity index (χ4v) is 9.86. The lowest BCUT2D eigenvalue weighted by Crippen LogP contribution is -2.30. The van der Waals surface area contributed by atoms with Gasteiger partial charge in [-0.2, -0.15) is 0 Å². The molecule has 0 aromatic rings. The second kappa shape index (κ2) is 59.0. The number of ether oxygens (including phenoxy) is 3. The summed E-state index contributed by atoms with van der Waals surface area (Å²) in [6, 6.07) is 0. The van der Waals surface area contributed by atoms with E-state index < -0.39 is 6.10 Å². The van der Waals surface area contributed by atoms with E-state index in [1.54, 1.807) is 0 Å². The summed E-state index contributed by atoms with van der Waals surface area (Å²) in [5.74, 6) is -0.835. The van der Waals surface area contributed by atoms with Crippen LogP contribution in [0.15, 0.2) is 0 Å². The highest BCUT2D eigenvalue weighted by molar-refractivity contribution is 5.71. The molecule has 0 radical (unpaired) electrons. The lowest BCUT2D eigenvalue weighted by Gasteiger charge is -2.18. The number of carbonyl (C=O) groups is 3. The molecule has 0 saturated carbocycles. The number of unbranched alkanes of at least 4 members (excludes halogenated alkanes) is 48. The molecule has 6 heteroatoms. The van der Waals surface area contributed by atoms with Gasteiger partial charge in [0.25, 0.3) is 0 Å². The summed E-state index contributed by atoms with van der Waals surface area (Å²) < 4.78 is 16.9. The maximum atomic E-state index is 12.8. The van der Waals surface area contributed by atoms with Crippen LogP contribution in [0.1, 0.15) is 367 Å². The van der Waals surface area contributed by atoms with Gasteiger partial charge in [0.05, 0.1) is 0 Å². The van der Waals surface area contributed by atoms with Gasteiger partial charge in [0, 0.05) is 19.3 Å². The van der Waals surface area contributed by atoms with Gasteiger partial charge in [-0.25, -0.2) is 0 Å². The van der Waals surface area contributed by atoms with Crippen LogP contribution in [0.5, 0.6) is 0 Å². The molecule has 1 atom stereocenters. The molecule has 0 heterocycles. The van der Waals surface area contributed by atoms with Gasteiger partial charge in [-0.3, -0.25) is 14.4 Å². The molecule has 1 unspecified atom stereocenters. The average Bonchev–Trinajstić information content (AvgIpc) is 3.35. The minimum absolute atomic E-state index is 0.0613. The molecule has 0 bridgehead atoms. The average molecular weight is 976 g/mol. The predicted octanol–water partition coefficient (Wildman–Crippen LogP) is 21.1. The molecule has 410 valence electrons. The van der Waals surface area contributed by atoms with Crippen molar-refractivity contribution in [2.24, 2.45) is 0 Å². The summed E-state index contributed by atoms with van der Waals surface area (Å²) in [4.78, 5) is 38.1. The van der Waals surface area contributed by atoms with E-state index in [9.17, 15) is 14.4 Å². The predicted molar refractivity (Wildman–Crippen MR) is 298 cm³/mol. The highest BCUT2D eigenvalue weighted by atomic mass is 16.6. The summed E-state index contributed by atoms with van der Waals surface area (Å²) in [6.45, 7) is 6.69. The minimum atomic E-state index is -0.761. The molecular formula is C63H122O6. The van der Waals surface area contributed by atoms with E-state index in [1.807, 2.05) is 0 Å². The van der Waals surface area contributed by atoms with Crippen LogP contribution in [-0.2, 0) is 28.6 Å². The highest BCUT2D eigenvalue weighted by Crippen LogP contribution is 2.18. The number of esters is 3. The van der Waals surface area contributed by atoms with Crippen molar-refractivity contribution in [2.75, 3.05) is 13.2 Å². The second-order valence-corrected chi connectivity index (χ2v) is 21.7. The van der Waals surface area contributed by atoms with Crippen molar-refractivity contribution in [3.63, 3.8) is 0 Å². The van der Waals surface area contributed by atoms with Crippen LogP contribution in [-0.4, -0.2) is 37.2 Å². The molecule has 0 aromatic carbocycles. The molecule has 69 heavy (non-hydrogen) atoms. The Labute approximate surface area is 431 Å². The molecule has 0 aromatic heterocycles. The number of hydrogen-bond donors (Lipinski definition) is 0. The van der Waals surface area contributed by atoms with Crippen molar-refractivity contribution in [3.8, 4) is 0 Å². The topological polar surface area (TPSA) is 78.9 Å². The first-order valence-electron chi connectivity index (χ1n) is 31.5. The SMILES string of the molecule is CCCCCCCCCCCCCCCCCCCCCCCCCCCC(=O)OCC(COC(=O)CCCCCCCCCC)OC(=O)CCCCCCCCCCCCCCCCCCCC. The molecule has 0 N–H and O–H groups in total. The van der Waals surface area contributed by atoms with Gasteiger partial charge in [0.15, 0.2) is 6.10 Å². The Bertz CT molecular complexity index is 1030.